The van der Waals surface area contributed by atoms with Crippen molar-refractivity contribution in [1.82, 2.24) is 0 Å². The van der Waals surface area contributed by atoms with Crippen LogP contribution in [-0.4, -0.2) is 5.11 Å². The molecule has 1 heteroatoms. The normalized spacial score (nSPS) is 28.0. The summed E-state index contributed by atoms with van der Waals surface area (Å²) in [4.78, 5) is 0. The molecule has 0 saturated heterocycles. The maximum atomic E-state index is 9.54. The van der Waals surface area contributed by atoms with Crippen LogP contribution >= 0.6 is 0 Å². The standard InChI is InChI=1S/C18H28O/c1-11-8-15-16(9-14(11)10-19)18(6,7)13(3)12(2)17(15,4)5/h8-9,12-13,19H,10H2,1-7H3/t12-,13-/m0/s1. The molecule has 0 amide bonds. The molecule has 1 aromatic carbocycles. The minimum atomic E-state index is 0.138. The molecule has 2 atom stereocenters. The quantitative estimate of drug-likeness (QED) is 0.797. The van der Waals surface area contributed by atoms with E-state index in [2.05, 4.69) is 60.6 Å². The van der Waals surface area contributed by atoms with Gasteiger partial charge in [0, 0.05) is 0 Å². The fraction of sp³-hybridized carbons (Fsp3) is 0.667. The predicted octanol–water partition coefficient (Wildman–Crippen LogP) is 4.33. The van der Waals surface area contributed by atoms with Crippen LogP contribution in [0.1, 0.15) is 63.8 Å². The van der Waals surface area contributed by atoms with Crippen molar-refractivity contribution in [2.45, 2.75) is 65.9 Å². The average Bonchev–Trinajstić information content (AvgIpc) is 2.34. The Hall–Kier alpha value is -0.820. The fourth-order valence-corrected chi connectivity index (χ4v) is 3.73. The highest BCUT2D eigenvalue weighted by atomic mass is 16.3. The number of hydrogen-bond acceptors (Lipinski definition) is 1. The van der Waals surface area contributed by atoms with Crippen molar-refractivity contribution in [2.24, 2.45) is 11.8 Å². The summed E-state index contributed by atoms with van der Waals surface area (Å²) in [6.45, 7) is 16.4. The maximum Gasteiger partial charge on any atom is 0.0684 e. The highest BCUT2D eigenvalue weighted by Crippen LogP contribution is 2.52. The largest absolute Gasteiger partial charge is 0.392 e. The molecule has 0 bridgehead atoms. The highest BCUT2D eigenvalue weighted by Gasteiger charge is 2.46. The summed E-state index contributed by atoms with van der Waals surface area (Å²) in [7, 11) is 0. The summed E-state index contributed by atoms with van der Waals surface area (Å²) in [6.07, 6.45) is 0. The number of fused-ring (bicyclic) bond motifs is 1. The van der Waals surface area contributed by atoms with Gasteiger partial charge in [0.15, 0.2) is 0 Å². The monoisotopic (exact) mass is 260 g/mol. The van der Waals surface area contributed by atoms with Crippen molar-refractivity contribution in [1.29, 1.82) is 0 Å². The zero-order chi connectivity index (χ0) is 14.6. The van der Waals surface area contributed by atoms with Crippen LogP contribution in [0, 0.1) is 18.8 Å². The second-order valence-corrected chi connectivity index (χ2v) is 7.50. The summed E-state index contributed by atoms with van der Waals surface area (Å²) in [5.41, 5.74) is 5.55. The lowest BCUT2D eigenvalue weighted by Crippen LogP contribution is -2.46. The molecule has 1 aromatic rings. The molecule has 0 aromatic heterocycles. The first-order valence-corrected chi connectivity index (χ1v) is 7.39. The molecular formula is C18H28O. The van der Waals surface area contributed by atoms with Crippen LogP contribution in [-0.2, 0) is 17.4 Å². The number of aliphatic hydroxyl groups excluding tert-OH is 1. The van der Waals surface area contributed by atoms with E-state index in [1.807, 2.05) is 0 Å². The van der Waals surface area contributed by atoms with Crippen LogP contribution in [0.5, 0.6) is 0 Å². The van der Waals surface area contributed by atoms with Crippen molar-refractivity contribution < 1.29 is 5.11 Å². The number of aryl methyl sites for hydroxylation is 1. The lowest BCUT2D eigenvalue weighted by molar-refractivity contribution is 0.144. The van der Waals surface area contributed by atoms with Crippen LogP contribution in [0.25, 0.3) is 0 Å². The van der Waals surface area contributed by atoms with Crippen LogP contribution in [0.2, 0.25) is 0 Å². The SMILES string of the molecule is Cc1cc2c(cc1CO)C(C)(C)[C@@H](C)[C@H](C)C2(C)C. The number of rotatable bonds is 1. The number of benzene rings is 1. The van der Waals surface area contributed by atoms with Crippen LogP contribution < -0.4 is 0 Å². The van der Waals surface area contributed by atoms with Gasteiger partial charge in [-0.15, -0.1) is 0 Å². The van der Waals surface area contributed by atoms with Gasteiger partial charge in [-0.3, -0.25) is 0 Å². The molecule has 0 saturated carbocycles. The van der Waals surface area contributed by atoms with Gasteiger partial charge in [0.1, 0.15) is 0 Å². The van der Waals surface area contributed by atoms with E-state index < -0.39 is 0 Å². The summed E-state index contributed by atoms with van der Waals surface area (Å²) < 4.78 is 0. The second kappa shape index (κ2) is 4.34. The van der Waals surface area contributed by atoms with Crippen LogP contribution in [0.4, 0.5) is 0 Å². The fourth-order valence-electron chi connectivity index (χ4n) is 3.73. The topological polar surface area (TPSA) is 20.2 Å². The number of hydrogen-bond donors (Lipinski definition) is 1. The van der Waals surface area contributed by atoms with Crippen LogP contribution in [0.3, 0.4) is 0 Å². The van der Waals surface area contributed by atoms with Gasteiger partial charge in [0.05, 0.1) is 6.61 Å². The van der Waals surface area contributed by atoms with E-state index in [0.29, 0.717) is 11.8 Å². The molecular weight excluding hydrogens is 232 g/mol. The third-order valence-electron chi connectivity index (χ3n) is 6.06. The van der Waals surface area contributed by atoms with Crippen molar-refractivity contribution in [3.8, 4) is 0 Å². The lowest BCUT2D eigenvalue weighted by Gasteiger charge is -2.51. The summed E-state index contributed by atoms with van der Waals surface area (Å²) in [6, 6.07) is 4.56. The zero-order valence-electron chi connectivity index (χ0n) is 13.5. The summed E-state index contributed by atoms with van der Waals surface area (Å²) in [5, 5.41) is 9.54. The molecule has 1 nitrogen and oxygen atoms in total. The molecule has 0 radical (unpaired) electrons. The molecule has 1 aliphatic carbocycles. The Morgan fingerprint density at radius 2 is 1.37 bits per heavy atom. The van der Waals surface area contributed by atoms with E-state index in [1.54, 1.807) is 0 Å². The van der Waals surface area contributed by atoms with Gasteiger partial charge in [0.25, 0.3) is 0 Å². The van der Waals surface area contributed by atoms with Gasteiger partial charge < -0.3 is 5.11 Å². The molecule has 0 heterocycles. The van der Waals surface area contributed by atoms with Gasteiger partial charge in [-0.05, 0) is 51.8 Å². The highest BCUT2D eigenvalue weighted by molar-refractivity contribution is 5.47. The Labute approximate surface area is 118 Å². The molecule has 0 fully saturated rings. The van der Waals surface area contributed by atoms with E-state index in [0.717, 1.165) is 5.56 Å². The third kappa shape index (κ3) is 1.94. The first-order valence-electron chi connectivity index (χ1n) is 7.39. The van der Waals surface area contributed by atoms with E-state index >= 15 is 0 Å². The van der Waals surface area contributed by atoms with E-state index in [4.69, 9.17) is 0 Å². The lowest BCUT2D eigenvalue weighted by atomic mass is 9.53. The Morgan fingerprint density at radius 3 is 1.79 bits per heavy atom. The smallest absolute Gasteiger partial charge is 0.0684 e. The molecule has 0 spiro atoms. The van der Waals surface area contributed by atoms with Gasteiger partial charge in [-0.2, -0.15) is 0 Å². The van der Waals surface area contributed by atoms with Crippen LogP contribution in [0.15, 0.2) is 12.1 Å². The number of aliphatic hydroxyl groups is 1. The average molecular weight is 260 g/mol. The van der Waals surface area contributed by atoms with Gasteiger partial charge in [-0.1, -0.05) is 53.7 Å². The first-order chi connectivity index (χ1) is 8.64. The summed E-state index contributed by atoms with van der Waals surface area (Å²) in [5.74, 6) is 1.28. The molecule has 0 unspecified atom stereocenters. The Bertz CT molecular complexity index is 497. The predicted molar refractivity (Wildman–Crippen MR) is 81.5 cm³/mol. The molecule has 0 aliphatic heterocycles. The first kappa shape index (κ1) is 14.6. The Balaban J connectivity index is 2.76. The Kier molecular flexibility index (Phi) is 3.33. The Morgan fingerprint density at radius 1 is 0.947 bits per heavy atom. The molecule has 19 heavy (non-hydrogen) atoms. The molecule has 1 N–H and O–H groups in total. The van der Waals surface area contributed by atoms with E-state index in [-0.39, 0.29) is 17.4 Å². The van der Waals surface area contributed by atoms with Crippen molar-refractivity contribution in [2.75, 3.05) is 0 Å². The van der Waals surface area contributed by atoms with Crippen molar-refractivity contribution >= 4 is 0 Å². The third-order valence-corrected chi connectivity index (χ3v) is 6.06. The summed E-state index contributed by atoms with van der Waals surface area (Å²) >= 11 is 0. The van der Waals surface area contributed by atoms with E-state index in [9.17, 15) is 5.11 Å². The second-order valence-electron chi connectivity index (χ2n) is 7.50. The molecule has 1 aliphatic rings. The van der Waals surface area contributed by atoms with Gasteiger partial charge in [0.2, 0.25) is 0 Å². The minimum Gasteiger partial charge on any atom is -0.392 e. The minimum absolute atomic E-state index is 0.138. The maximum absolute atomic E-state index is 9.54. The zero-order valence-corrected chi connectivity index (χ0v) is 13.5. The molecule has 106 valence electrons. The van der Waals surface area contributed by atoms with Crippen molar-refractivity contribution in [3.63, 3.8) is 0 Å². The molecule has 2 rings (SSSR count). The van der Waals surface area contributed by atoms with Gasteiger partial charge >= 0.3 is 0 Å². The van der Waals surface area contributed by atoms with E-state index in [1.165, 1.54) is 16.7 Å². The van der Waals surface area contributed by atoms with Gasteiger partial charge in [-0.25, -0.2) is 0 Å². The van der Waals surface area contributed by atoms with Crippen molar-refractivity contribution in [3.05, 3.63) is 34.4 Å².